The number of rotatable bonds is 12. The number of hydrogen-bond acceptors (Lipinski definition) is 5. The van der Waals surface area contributed by atoms with Gasteiger partial charge in [-0.05, 0) is 6.42 Å². The van der Waals surface area contributed by atoms with Crippen LogP contribution < -0.4 is 15.9 Å². The maximum atomic E-state index is 10.1. The second-order valence-electron chi connectivity index (χ2n) is 4.46. The van der Waals surface area contributed by atoms with Gasteiger partial charge in [0.1, 0.15) is 0 Å². The van der Waals surface area contributed by atoms with E-state index in [9.17, 15) is 14.4 Å². The van der Waals surface area contributed by atoms with Gasteiger partial charge in [-0.1, -0.05) is 64.7 Å². The molecular weight excluding hydrogens is 253 g/mol. The van der Waals surface area contributed by atoms with E-state index in [2.05, 4.69) is 11.4 Å². The molecule has 0 unspecified atom stereocenters. The van der Waals surface area contributed by atoms with E-state index in [0.717, 1.165) is 12.8 Å². The minimum absolute atomic E-state index is 0. The zero-order valence-corrected chi connectivity index (χ0v) is 12.5. The van der Waals surface area contributed by atoms with Gasteiger partial charge in [-0.3, -0.25) is 0 Å². The van der Waals surface area contributed by atoms with Crippen LogP contribution >= 0.6 is 7.82 Å². The van der Waals surface area contributed by atoms with Crippen LogP contribution in [0.5, 0.6) is 0 Å². The van der Waals surface area contributed by atoms with E-state index < -0.39 is 7.82 Å². The van der Waals surface area contributed by atoms with E-state index in [1.54, 1.807) is 0 Å². The Morgan fingerprint density at radius 3 is 1.61 bits per heavy atom. The standard InChI is InChI=1S/C12H27O4P.H3N/c1-2-3-4-5-6-7-8-9-10-11-12-16-17(13,14)15;/h2-12H2,1H3,(H2,13,14,15);1H3/p-2. The Labute approximate surface area is 111 Å². The Morgan fingerprint density at radius 1 is 0.833 bits per heavy atom. The van der Waals surface area contributed by atoms with Gasteiger partial charge in [-0.25, -0.2) is 0 Å². The second kappa shape index (κ2) is 13.5. The molecule has 0 aliphatic heterocycles. The largest absolute Gasteiger partial charge is 0.790 e. The Hall–Kier alpha value is 0.0700. The van der Waals surface area contributed by atoms with E-state index in [0.29, 0.717) is 6.42 Å². The van der Waals surface area contributed by atoms with Crippen molar-refractivity contribution >= 4 is 7.82 Å². The van der Waals surface area contributed by atoms with Gasteiger partial charge >= 0.3 is 0 Å². The summed E-state index contributed by atoms with van der Waals surface area (Å²) in [7, 11) is -4.74. The molecule has 6 heteroatoms. The average Bonchev–Trinajstić information content (AvgIpc) is 2.24. The molecule has 0 saturated carbocycles. The molecule has 0 heterocycles. The van der Waals surface area contributed by atoms with Crippen LogP contribution in [0.1, 0.15) is 71.1 Å². The van der Waals surface area contributed by atoms with E-state index in [1.165, 1.54) is 44.9 Å². The third-order valence-corrected chi connectivity index (χ3v) is 3.25. The second-order valence-corrected chi connectivity index (χ2v) is 5.62. The molecular formula is C12H28NO4P-2. The lowest BCUT2D eigenvalue weighted by molar-refractivity contribution is -0.341. The van der Waals surface area contributed by atoms with Crippen molar-refractivity contribution in [3.8, 4) is 0 Å². The van der Waals surface area contributed by atoms with Gasteiger partial charge in [0.2, 0.25) is 0 Å². The Balaban J connectivity index is 0. The summed E-state index contributed by atoms with van der Waals surface area (Å²) in [5, 5.41) is 0. The Kier molecular flexibility index (Phi) is 15.3. The molecule has 0 spiro atoms. The van der Waals surface area contributed by atoms with E-state index >= 15 is 0 Å². The Morgan fingerprint density at radius 2 is 1.22 bits per heavy atom. The summed E-state index contributed by atoms with van der Waals surface area (Å²) in [6, 6.07) is 0. The maximum Gasteiger partial charge on any atom is 0.0596 e. The topological polar surface area (TPSA) is 107 Å². The van der Waals surface area contributed by atoms with Crippen LogP contribution in [0, 0.1) is 0 Å². The molecule has 0 aromatic rings. The predicted octanol–water partition coefficient (Wildman–Crippen LogP) is 2.91. The van der Waals surface area contributed by atoms with Gasteiger partial charge < -0.3 is 25.0 Å². The van der Waals surface area contributed by atoms with Crippen molar-refractivity contribution in [3.63, 3.8) is 0 Å². The third kappa shape index (κ3) is 18.4. The van der Waals surface area contributed by atoms with Crippen molar-refractivity contribution in [1.82, 2.24) is 6.15 Å². The first-order chi connectivity index (χ1) is 8.06. The lowest BCUT2D eigenvalue weighted by Crippen LogP contribution is -2.16. The fourth-order valence-electron chi connectivity index (χ4n) is 1.77. The van der Waals surface area contributed by atoms with Gasteiger partial charge in [-0.15, -0.1) is 0 Å². The van der Waals surface area contributed by atoms with Crippen LogP contribution in [0.3, 0.4) is 0 Å². The molecule has 0 aromatic heterocycles. The minimum atomic E-state index is -4.74. The highest BCUT2D eigenvalue weighted by Crippen LogP contribution is 2.24. The van der Waals surface area contributed by atoms with E-state index in [1.807, 2.05) is 0 Å². The molecule has 0 rings (SSSR count). The van der Waals surface area contributed by atoms with E-state index in [-0.39, 0.29) is 12.8 Å². The zero-order valence-electron chi connectivity index (χ0n) is 11.6. The monoisotopic (exact) mass is 281 g/mol. The smallest absolute Gasteiger partial charge is 0.0596 e. The summed E-state index contributed by atoms with van der Waals surface area (Å²) in [5.74, 6) is 0. The molecule has 0 fully saturated rings. The highest BCUT2D eigenvalue weighted by molar-refractivity contribution is 7.43. The van der Waals surface area contributed by atoms with Crippen LogP contribution in [-0.4, -0.2) is 6.61 Å². The maximum absolute atomic E-state index is 10.1. The highest BCUT2D eigenvalue weighted by atomic mass is 31.2. The highest BCUT2D eigenvalue weighted by Gasteiger charge is 1.94. The van der Waals surface area contributed by atoms with Crippen LogP contribution in [0.15, 0.2) is 0 Å². The zero-order chi connectivity index (χ0) is 13.0. The number of hydrogen-bond donors (Lipinski definition) is 1. The van der Waals surface area contributed by atoms with Crippen LogP contribution in [0.4, 0.5) is 0 Å². The van der Waals surface area contributed by atoms with Crippen molar-refractivity contribution in [3.05, 3.63) is 0 Å². The van der Waals surface area contributed by atoms with Crippen molar-refractivity contribution in [2.45, 2.75) is 71.1 Å². The van der Waals surface area contributed by atoms with Gasteiger partial charge in [0.05, 0.1) is 14.4 Å². The van der Waals surface area contributed by atoms with Crippen LogP contribution in [-0.2, 0) is 9.09 Å². The summed E-state index contributed by atoms with van der Waals surface area (Å²) >= 11 is 0. The predicted molar refractivity (Wildman–Crippen MR) is 70.4 cm³/mol. The van der Waals surface area contributed by atoms with Gasteiger partial charge in [0.15, 0.2) is 0 Å². The molecule has 18 heavy (non-hydrogen) atoms. The third-order valence-electron chi connectivity index (χ3n) is 2.75. The fraction of sp³-hybridized carbons (Fsp3) is 1.00. The molecule has 0 amide bonds. The summed E-state index contributed by atoms with van der Waals surface area (Å²) in [5.41, 5.74) is 0. The first-order valence-corrected chi connectivity index (χ1v) is 8.19. The van der Waals surface area contributed by atoms with Crippen molar-refractivity contribution in [2.24, 2.45) is 0 Å². The lowest BCUT2D eigenvalue weighted by atomic mass is 10.1. The summed E-state index contributed by atoms with van der Waals surface area (Å²) in [6.07, 6.45) is 11.7. The molecule has 0 aliphatic rings. The quantitative estimate of drug-likeness (QED) is 0.437. The lowest BCUT2D eigenvalue weighted by Gasteiger charge is -2.28. The van der Waals surface area contributed by atoms with Crippen LogP contribution in [0.2, 0.25) is 0 Å². The summed E-state index contributed by atoms with van der Waals surface area (Å²) in [4.78, 5) is 20.3. The first-order valence-electron chi connectivity index (χ1n) is 6.73. The minimum Gasteiger partial charge on any atom is -0.790 e. The average molecular weight is 281 g/mol. The molecule has 0 bridgehead atoms. The SMILES string of the molecule is CCCCCCCCCCCCOP(=O)([O-])[O-].N. The molecule has 0 radical (unpaired) electrons. The summed E-state index contributed by atoms with van der Waals surface area (Å²) < 4.78 is 14.3. The molecule has 112 valence electrons. The molecule has 0 aromatic carbocycles. The molecule has 0 atom stereocenters. The van der Waals surface area contributed by atoms with E-state index in [4.69, 9.17) is 0 Å². The number of phosphoric acid groups is 1. The van der Waals surface area contributed by atoms with Crippen molar-refractivity contribution in [2.75, 3.05) is 6.61 Å². The van der Waals surface area contributed by atoms with Gasteiger partial charge in [0.25, 0.3) is 0 Å². The number of phosphoric ester groups is 1. The van der Waals surface area contributed by atoms with Crippen molar-refractivity contribution in [1.29, 1.82) is 0 Å². The van der Waals surface area contributed by atoms with Gasteiger partial charge in [0, 0.05) is 0 Å². The van der Waals surface area contributed by atoms with Crippen LogP contribution in [0.25, 0.3) is 0 Å². The normalized spacial score (nSPS) is 11.3. The Bertz CT molecular complexity index is 208. The molecule has 3 N–H and O–H groups in total. The molecule has 0 saturated heterocycles. The fourth-order valence-corrected chi connectivity index (χ4v) is 2.12. The summed E-state index contributed by atoms with van der Waals surface area (Å²) in [6.45, 7) is 2.26. The number of unbranched alkanes of at least 4 members (excludes halogenated alkanes) is 9. The first kappa shape index (κ1) is 20.4. The van der Waals surface area contributed by atoms with Gasteiger partial charge in [-0.2, -0.15) is 0 Å². The molecule has 0 aliphatic carbocycles. The van der Waals surface area contributed by atoms with Crippen molar-refractivity contribution < 1.29 is 18.9 Å². The molecule has 5 nitrogen and oxygen atoms in total.